The standard InChI is InChI=1S/C14H21NO/c1-14(2,3)13(16)9-10-15-11-12-7-5-4-6-8-12/h4-8,15H,9-11H2,1-3H3. The van der Waals surface area contributed by atoms with Gasteiger partial charge in [0.2, 0.25) is 0 Å². The van der Waals surface area contributed by atoms with E-state index in [0.29, 0.717) is 12.2 Å². The van der Waals surface area contributed by atoms with E-state index in [9.17, 15) is 4.79 Å². The van der Waals surface area contributed by atoms with Crippen LogP contribution >= 0.6 is 0 Å². The normalized spacial score (nSPS) is 11.4. The van der Waals surface area contributed by atoms with Crippen molar-refractivity contribution in [2.45, 2.75) is 33.7 Å². The number of ketones is 1. The summed E-state index contributed by atoms with van der Waals surface area (Å²) in [5.41, 5.74) is 1.04. The maximum atomic E-state index is 11.6. The predicted molar refractivity (Wildman–Crippen MR) is 67.2 cm³/mol. The van der Waals surface area contributed by atoms with Crippen molar-refractivity contribution in [3.63, 3.8) is 0 Å². The summed E-state index contributed by atoms with van der Waals surface area (Å²) in [6, 6.07) is 10.2. The van der Waals surface area contributed by atoms with Crippen LogP contribution in [0.4, 0.5) is 0 Å². The lowest BCUT2D eigenvalue weighted by Crippen LogP contribution is -2.25. The van der Waals surface area contributed by atoms with Crippen LogP contribution in [0, 0.1) is 5.41 Å². The Morgan fingerprint density at radius 1 is 1.19 bits per heavy atom. The minimum Gasteiger partial charge on any atom is -0.312 e. The molecular formula is C14H21NO. The molecular weight excluding hydrogens is 198 g/mol. The van der Waals surface area contributed by atoms with Gasteiger partial charge in [0.25, 0.3) is 0 Å². The average molecular weight is 219 g/mol. The van der Waals surface area contributed by atoms with Crippen LogP contribution < -0.4 is 5.32 Å². The third-order valence-electron chi connectivity index (χ3n) is 2.54. The Balaban J connectivity index is 2.20. The Morgan fingerprint density at radius 2 is 1.81 bits per heavy atom. The largest absolute Gasteiger partial charge is 0.312 e. The van der Waals surface area contributed by atoms with Gasteiger partial charge in [0.05, 0.1) is 0 Å². The third kappa shape index (κ3) is 4.58. The van der Waals surface area contributed by atoms with Gasteiger partial charge in [0, 0.05) is 24.9 Å². The first-order valence-electron chi connectivity index (χ1n) is 5.78. The van der Waals surface area contributed by atoms with Gasteiger partial charge in [-0.1, -0.05) is 51.1 Å². The number of carbonyl (C=O) groups excluding carboxylic acids is 1. The molecule has 0 fully saturated rings. The SMILES string of the molecule is CC(C)(C)C(=O)CCNCc1ccccc1. The molecule has 1 rings (SSSR count). The van der Waals surface area contributed by atoms with Gasteiger partial charge in [-0.3, -0.25) is 4.79 Å². The number of hydrogen-bond donors (Lipinski definition) is 1. The number of Topliss-reactive ketones (excluding diaryl/α,β-unsaturated/α-hetero) is 1. The summed E-state index contributed by atoms with van der Waals surface area (Å²) in [6.45, 7) is 7.48. The Kier molecular flexibility index (Phi) is 4.69. The molecule has 0 aliphatic heterocycles. The van der Waals surface area contributed by atoms with E-state index in [1.807, 2.05) is 39.0 Å². The molecule has 0 aliphatic rings. The zero-order valence-corrected chi connectivity index (χ0v) is 10.4. The molecule has 2 heteroatoms. The van der Waals surface area contributed by atoms with Crippen LogP contribution in [0.5, 0.6) is 0 Å². The van der Waals surface area contributed by atoms with Crippen LogP contribution in [-0.2, 0) is 11.3 Å². The van der Waals surface area contributed by atoms with Gasteiger partial charge >= 0.3 is 0 Å². The second-order valence-electron chi connectivity index (χ2n) is 5.09. The van der Waals surface area contributed by atoms with Crippen LogP contribution in [0.2, 0.25) is 0 Å². The van der Waals surface area contributed by atoms with Gasteiger partial charge in [0.1, 0.15) is 5.78 Å². The maximum Gasteiger partial charge on any atom is 0.139 e. The number of carbonyl (C=O) groups is 1. The third-order valence-corrected chi connectivity index (χ3v) is 2.54. The van der Waals surface area contributed by atoms with Crippen molar-refractivity contribution in [2.24, 2.45) is 5.41 Å². The molecule has 0 aliphatic carbocycles. The van der Waals surface area contributed by atoms with Crippen molar-refractivity contribution in [3.8, 4) is 0 Å². The second kappa shape index (κ2) is 5.80. The lowest BCUT2D eigenvalue weighted by molar-refractivity contribution is -0.126. The smallest absolute Gasteiger partial charge is 0.139 e. The summed E-state index contributed by atoms with van der Waals surface area (Å²) < 4.78 is 0. The Morgan fingerprint density at radius 3 is 2.38 bits per heavy atom. The summed E-state index contributed by atoms with van der Waals surface area (Å²) in [7, 11) is 0. The van der Waals surface area contributed by atoms with E-state index >= 15 is 0 Å². The first kappa shape index (κ1) is 12.9. The Labute approximate surface area is 98.1 Å². The van der Waals surface area contributed by atoms with Gasteiger partial charge in [0.15, 0.2) is 0 Å². The number of hydrogen-bond acceptors (Lipinski definition) is 2. The topological polar surface area (TPSA) is 29.1 Å². The van der Waals surface area contributed by atoms with E-state index in [1.165, 1.54) is 5.56 Å². The lowest BCUT2D eigenvalue weighted by atomic mass is 9.89. The Bertz CT molecular complexity index is 324. The van der Waals surface area contributed by atoms with Gasteiger partial charge in [-0.25, -0.2) is 0 Å². The van der Waals surface area contributed by atoms with Crippen molar-refractivity contribution >= 4 is 5.78 Å². The highest BCUT2D eigenvalue weighted by Crippen LogP contribution is 2.15. The number of benzene rings is 1. The van der Waals surface area contributed by atoms with E-state index in [4.69, 9.17) is 0 Å². The molecule has 0 amide bonds. The fourth-order valence-electron chi connectivity index (χ4n) is 1.41. The molecule has 16 heavy (non-hydrogen) atoms. The molecule has 0 saturated heterocycles. The first-order valence-corrected chi connectivity index (χ1v) is 5.78. The van der Waals surface area contributed by atoms with E-state index in [-0.39, 0.29) is 5.41 Å². The molecule has 0 bridgehead atoms. The van der Waals surface area contributed by atoms with E-state index in [0.717, 1.165) is 13.1 Å². The molecule has 1 N–H and O–H groups in total. The number of rotatable bonds is 5. The van der Waals surface area contributed by atoms with E-state index < -0.39 is 0 Å². The maximum absolute atomic E-state index is 11.6. The summed E-state index contributed by atoms with van der Waals surface area (Å²) >= 11 is 0. The molecule has 0 spiro atoms. The highest BCUT2D eigenvalue weighted by Gasteiger charge is 2.19. The molecule has 1 aromatic rings. The van der Waals surface area contributed by atoms with E-state index in [2.05, 4.69) is 17.4 Å². The first-order chi connectivity index (χ1) is 7.50. The van der Waals surface area contributed by atoms with Crippen molar-refractivity contribution in [1.82, 2.24) is 5.32 Å². The molecule has 0 radical (unpaired) electrons. The van der Waals surface area contributed by atoms with Crippen molar-refractivity contribution < 1.29 is 4.79 Å². The lowest BCUT2D eigenvalue weighted by Gasteiger charge is -2.16. The van der Waals surface area contributed by atoms with Crippen LogP contribution in [0.3, 0.4) is 0 Å². The quantitative estimate of drug-likeness (QED) is 0.771. The predicted octanol–water partition coefficient (Wildman–Crippen LogP) is 2.78. The van der Waals surface area contributed by atoms with Crippen LogP contribution in [-0.4, -0.2) is 12.3 Å². The minimum absolute atomic E-state index is 0.214. The van der Waals surface area contributed by atoms with Crippen molar-refractivity contribution in [2.75, 3.05) is 6.54 Å². The van der Waals surface area contributed by atoms with Crippen LogP contribution in [0.25, 0.3) is 0 Å². The van der Waals surface area contributed by atoms with Gasteiger partial charge in [-0.05, 0) is 5.56 Å². The van der Waals surface area contributed by atoms with Gasteiger partial charge < -0.3 is 5.32 Å². The monoisotopic (exact) mass is 219 g/mol. The summed E-state index contributed by atoms with van der Waals surface area (Å²) in [6.07, 6.45) is 0.607. The highest BCUT2D eigenvalue weighted by atomic mass is 16.1. The fourth-order valence-corrected chi connectivity index (χ4v) is 1.41. The minimum atomic E-state index is -0.214. The molecule has 0 aromatic heterocycles. The zero-order chi connectivity index (χ0) is 12.0. The summed E-state index contributed by atoms with van der Waals surface area (Å²) in [4.78, 5) is 11.6. The second-order valence-corrected chi connectivity index (χ2v) is 5.09. The Hall–Kier alpha value is -1.15. The summed E-state index contributed by atoms with van der Waals surface area (Å²) in [5.74, 6) is 0.313. The fraction of sp³-hybridized carbons (Fsp3) is 0.500. The zero-order valence-electron chi connectivity index (χ0n) is 10.4. The highest BCUT2D eigenvalue weighted by molar-refractivity contribution is 5.83. The molecule has 1 aromatic carbocycles. The van der Waals surface area contributed by atoms with Crippen LogP contribution in [0.1, 0.15) is 32.8 Å². The molecule has 0 atom stereocenters. The van der Waals surface area contributed by atoms with E-state index in [1.54, 1.807) is 0 Å². The van der Waals surface area contributed by atoms with Gasteiger partial charge in [-0.15, -0.1) is 0 Å². The molecule has 0 saturated carbocycles. The van der Waals surface area contributed by atoms with Crippen molar-refractivity contribution in [3.05, 3.63) is 35.9 Å². The molecule has 0 heterocycles. The molecule has 0 unspecified atom stereocenters. The average Bonchev–Trinajstić information content (AvgIpc) is 2.24. The van der Waals surface area contributed by atoms with Crippen LogP contribution in [0.15, 0.2) is 30.3 Å². The van der Waals surface area contributed by atoms with Crippen molar-refractivity contribution in [1.29, 1.82) is 0 Å². The molecule has 2 nitrogen and oxygen atoms in total. The molecule has 88 valence electrons. The van der Waals surface area contributed by atoms with Gasteiger partial charge in [-0.2, -0.15) is 0 Å². The number of nitrogens with one attached hydrogen (secondary N) is 1. The summed E-state index contributed by atoms with van der Waals surface area (Å²) in [5, 5.41) is 3.28.